The van der Waals surface area contributed by atoms with Crippen molar-refractivity contribution in [3.05, 3.63) is 0 Å². The van der Waals surface area contributed by atoms with Gasteiger partial charge in [-0.3, -0.25) is 0 Å². The Balaban J connectivity index is 2.17. The molecule has 0 aliphatic carbocycles. The van der Waals surface area contributed by atoms with E-state index in [1.54, 1.807) is 0 Å². The fraction of sp³-hybridized carbons (Fsp3) is 1.00. The molecule has 0 amide bonds. The SMILES string of the molecule is CCNCC(CC)N(C)CCN1CCCC1. The van der Waals surface area contributed by atoms with E-state index in [1.807, 2.05) is 0 Å². The molecule has 1 heterocycles. The third kappa shape index (κ3) is 4.81. The fourth-order valence-corrected chi connectivity index (χ4v) is 2.41. The Morgan fingerprint density at radius 3 is 2.50 bits per heavy atom. The minimum atomic E-state index is 0.697. The van der Waals surface area contributed by atoms with Crippen LogP contribution in [0, 0.1) is 0 Å². The van der Waals surface area contributed by atoms with Crippen LogP contribution in [0.1, 0.15) is 33.1 Å². The van der Waals surface area contributed by atoms with Gasteiger partial charge in [0.25, 0.3) is 0 Å². The molecule has 3 nitrogen and oxygen atoms in total. The second-order valence-corrected chi connectivity index (χ2v) is 4.90. The number of nitrogens with zero attached hydrogens (tertiary/aromatic N) is 2. The number of rotatable bonds is 8. The van der Waals surface area contributed by atoms with E-state index in [1.165, 1.54) is 45.4 Å². The Bertz CT molecular complexity index is 167. The Labute approximate surface area is 101 Å². The first-order valence-corrected chi connectivity index (χ1v) is 6.91. The van der Waals surface area contributed by atoms with Crippen molar-refractivity contribution in [1.29, 1.82) is 0 Å². The van der Waals surface area contributed by atoms with Crippen molar-refractivity contribution in [2.24, 2.45) is 0 Å². The topological polar surface area (TPSA) is 18.5 Å². The summed E-state index contributed by atoms with van der Waals surface area (Å²) in [6.45, 7) is 11.8. The molecule has 96 valence electrons. The van der Waals surface area contributed by atoms with E-state index >= 15 is 0 Å². The third-order valence-electron chi connectivity index (χ3n) is 3.69. The highest BCUT2D eigenvalue weighted by Crippen LogP contribution is 2.07. The standard InChI is InChI=1S/C13H29N3/c1-4-13(12-14-5-2)15(3)10-11-16-8-6-7-9-16/h13-14H,4-12H2,1-3H3. The van der Waals surface area contributed by atoms with Gasteiger partial charge in [-0.1, -0.05) is 13.8 Å². The lowest BCUT2D eigenvalue weighted by molar-refractivity contribution is 0.197. The molecule has 1 rings (SSSR count). The van der Waals surface area contributed by atoms with Gasteiger partial charge in [0.1, 0.15) is 0 Å². The van der Waals surface area contributed by atoms with Crippen molar-refractivity contribution in [2.45, 2.75) is 39.2 Å². The lowest BCUT2D eigenvalue weighted by atomic mass is 10.2. The average molecular weight is 227 g/mol. The van der Waals surface area contributed by atoms with Crippen LogP contribution in [-0.2, 0) is 0 Å². The summed E-state index contributed by atoms with van der Waals surface area (Å²) in [6, 6.07) is 0.697. The first-order valence-electron chi connectivity index (χ1n) is 6.91. The molecule has 16 heavy (non-hydrogen) atoms. The van der Waals surface area contributed by atoms with Crippen LogP contribution in [0.3, 0.4) is 0 Å². The van der Waals surface area contributed by atoms with Crippen molar-refractivity contribution in [3.63, 3.8) is 0 Å². The normalized spacial score (nSPS) is 19.5. The maximum Gasteiger partial charge on any atom is 0.0215 e. The first kappa shape index (κ1) is 13.9. The van der Waals surface area contributed by atoms with E-state index in [-0.39, 0.29) is 0 Å². The summed E-state index contributed by atoms with van der Waals surface area (Å²) in [5, 5.41) is 3.45. The Kier molecular flexibility index (Phi) is 7.01. The zero-order valence-corrected chi connectivity index (χ0v) is 11.3. The summed E-state index contributed by atoms with van der Waals surface area (Å²) in [5.74, 6) is 0. The molecule has 0 bridgehead atoms. The molecule has 1 saturated heterocycles. The Morgan fingerprint density at radius 2 is 1.94 bits per heavy atom. The summed E-state index contributed by atoms with van der Waals surface area (Å²) >= 11 is 0. The first-order chi connectivity index (χ1) is 7.77. The van der Waals surface area contributed by atoms with Crippen LogP contribution in [0.15, 0.2) is 0 Å². The van der Waals surface area contributed by atoms with E-state index in [9.17, 15) is 0 Å². The van der Waals surface area contributed by atoms with Gasteiger partial charge in [0.15, 0.2) is 0 Å². The van der Waals surface area contributed by atoms with Crippen molar-refractivity contribution >= 4 is 0 Å². The molecule has 0 spiro atoms. The summed E-state index contributed by atoms with van der Waals surface area (Å²) in [4.78, 5) is 5.11. The van der Waals surface area contributed by atoms with Gasteiger partial charge in [0.05, 0.1) is 0 Å². The molecule has 1 atom stereocenters. The van der Waals surface area contributed by atoms with Gasteiger partial charge in [-0.05, 0) is 45.9 Å². The Morgan fingerprint density at radius 1 is 1.25 bits per heavy atom. The van der Waals surface area contributed by atoms with Crippen LogP contribution >= 0.6 is 0 Å². The monoisotopic (exact) mass is 227 g/mol. The molecule has 1 aliphatic heterocycles. The number of hydrogen-bond acceptors (Lipinski definition) is 3. The zero-order valence-electron chi connectivity index (χ0n) is 11.3. The molecule has 0 aromatic carbocycles. The number of nitrogens with one attached hydrogen (secondary N) is 1. The van der Waals surface area contributed by atoms with Gasteiger partial charge < -0.3 is 15.1 Å². The molecule has 1 fully saturated rings. The fourth-order valence-electron chi connectivity index (χ4n) is 2.41. The van der Waals surface area contributed by atoms with Crippen LogP contribution in [0.4, 0.5) is 0 Å². The van der Waals surface area contributed by atoms with Crippen LogP contribution in [0.25, 0.3) is 0 Å². The van der Waals surface area contributed by atoms with Gasteiger partial charge in [0.2, 0.25) is 0 Å². The molecule has 1 aliphatic rings. The molecule has 0 aromatic rings. The molecule has 0 radical (unpaired) electrons. The summed E-state index contributed by atoms with van der Waals surface area (Å²) in [7, 11) is 2.27. The smallest absolute Gasteiger partial charge is 0.0215 e. The van der Waals surface area contributed by atoms with Gasteiger partial charge in [-0.2, -0.15) is 0 Å². The quantitative estimate of drug-likeness (QED) is 0.676. The molecule has 0 aromatic heterocycles. The summed E-state index contributed by atoms with van der Waals surface area (Å²) < 4.78 is 0. The van der Waals surface area contributed by atoms with E-state index in [0.29, 0.717) is 6.04 Å². The zero-order chi connectivity index (χ0) is 11.8. The van der Waals surface area contributed by atoms with Crippen molar-refractivity contribution in [1.82, 2.24) is 15.1 Å². The second kappa shape index (κ2) is 8.04. The Hall–Kier alpha value is -0.120. The lowest BCUT2D eigenvalue weighted by Gasteiger charge is -2.29. The number of likely N-dealkylation sites (N-methyl/N-ethyl adjacent to an activating group) is 2. The van der Waals surface area contributed by atoms with Gasteiger partial charge >= 0.3 is 0 Å². The van der Waals surface area contributed by atoms with E-state index in [2.05, 4.69) is 36.0 Å². The highest BCUT2D eigenvalue weighted by atomic mass is 15.2. The molecule has 1 N–H and O–H groups in total. The molecule has 0 saturated carbocycles. The van der Waals surface area contributed by atoms with E-state index < -0.39 is 0 Å². The third-order valence-corrected chi connectivity index (χ3v) is 3.69. The van der Waals surface area contributed by atoms with Crippen LogP contribution < -0.4 is 5.32 Å². The summed E-state index contributed by atoms with van der Waals surface area (Å²) in [5.41, 5.74) is 0. The van der Waals surface area contributed by atoms with Crippen LogP contribution in [0.2, 0.25) is 0 Å². The predicted molar refractivity (Wildman–Crippen MR) is 70.9 cm³/mol. The molecular formula is C13H29N3. The van der Waals surface area contributed by atoms with Gasteiger partial charge in [-0.25, -0.2) is 0 Å². The molecular weight excluding hydrogens is 198 g/mol. The van der Waals surface area contributed by atoms with E-state index in [4.69, 9.17) is 0 Å². The summed E-state index contributed by atoms with van der Waals surface area (Å²) in [6.07, 6.45) is 4.04. The minimum absolute atomic E-state index is 0.697. The second-order valence-electron chi connectivity index (χ2n) is 4.90. The van der Waals surface area contributed by atoms with Crippen LogP contribution in [0.5, 0.6) is 0 Å². The maximum absolute atomic E-state index is 3.45. The van der Waals surface area contributed by atoms with E-state index in [0.717, 1.165) is 13.1 Å². The number of likely N-dealkylation sites (tertiary alicyclic amines) is 1. The van der Waals surface area contributed by atoms with Crippen molar-refractivity contribution in [2.75, 3.05) is 46.3 Å². The largest absolute Gasteiger partial charge is 0.315 e. The van der Waals surface area contributed by atoms with Crippen molar-refractivity contribution < 1.29 is 0 Å². The van der Waals surface area contributed by atoms with Gasteiger partial charge in [-0.15, -0.1) is 0 Å². The maximum atomic E-state index is 3.45. The van der Waals surface area contributed by atoms with Gasteiger partial charge in [0, 0.05) is 25.7 Å². The van der Waals surface area contributed by atoms with Crippen LogP contribution in [-0.4, -0.2) is 62.2 Å². The molecule has 1 unspecified atom stereocenters. The minimum Gasteiger partial charge on any atom is -0.315 e. The lowest BCUT2D eigenvalue weighted by Crippen LogP contribution is -2.43. The molecule has 3 heteroatoms. The average Bonchev–Trinajstić information content (AvgIpc) is 2.80. The highest BCUT2D eigenvalue weighted by Gasteiger charge is 2.15. The highest BCUT2D eigenvalue weighted by molar-refractivity contribution is 4.73. The number of hydrogen-bond donors (Lipinski definition) is 1. The van der Waals surface area contributed by atoms with Crippen molar-refractivity contribution in [3.8, 4) is 0 Å². The predicted octanol–water partition coefficient (Wildman–Crippen LogP) is 1.40.